The van der Waals surface area contributed by atoms with Crippen LogP contribution < -0.4 is 23.8 Å². The molecule has 0 amide bonds. The second kappa shape index (κ2) is 10.4. The molecule has 0 unspecified atom stereocenters. The molecule has 9 nitrogen and oxygen atoms in total. The Bertz CT molecular complexity index is 1330. The van der Waals surface area contributed by atoms with E-state index >= 15 is 0 Å². The van der Waals surface area contributed by atoms with Crippen molar-refractivity contribution in [1.29, 1.82) is 0 Å². The smallest absolute Gasteiger partial charge is 0.231 e. The van der Waals surface area contributed by atoms with Gasteiger partial charge in [0.05, 0.1) is 32.5 Å². The van der Waals surface area contributed by atoms with E-state index in [0.717, 1.165) is 32.0 Å². The Hall–Kier alpha value is -4.24. The lowest BCUT2D eigenvalue weighted by Gasteiger charge is -2.35. The van der Waals surface area contributed by atoms with Gasteiger partial charge in [-0.15, -0.1) is 0 Å². The maximum absolute atomic E-state index is 13.2. The van der Waals surface area contributed by atoms with Gasteiger partial charge in [-0.25, -0.2) is 4.98 Å². The van der Waals surface area contributed by atoms with Crippen LogP contribution in [0.2, 0.25) is 0 Å². The highest BCUT2D eigenvalue weighted by molar-refractivity contribution is 6.15. The van der Waals surface area contributed by atoms with Crippen molar-refractivity contribution in [1.82, 2.24) is 9.88 Å². The van der Waals surface area contributed by atoms with E-state index < -0.39 is 0 Å². The van der Waals surface area contributed by atoms with Crippen molar-refractivity contribution < 1.29 is 28.8 Å². The number of pyridine rings is 1. The second-order valence-corrected chi connectivity index (χ2v) is 8.75. The number of ether oxygens (including phenoxy) is 4. The highest BCUT2D eigenvalue weighted by Gasteiger charge is 2.33. The summed E-state index contributed by atoms with van der Waals surface area (Å²) < 4.78 is 22.4. The second-order valence-electron chi connectivity index (χ2n) is 8.75. The molecule has 0 aliphatic carbocycles. The number of methoxy groups -OCH3 is 3. The quantitative estimate of drug-likeness (QED) is 0.484. The fourth-order valence-corrected chi connectivity index (χ4v) is 4.73. The number of rotatable bonds is 7. The topological polar surface area (TPSA) is 93.6 Å². The molecular formula is C28H29N3O6. The van der Waals surface area contributed by atoms with Crippen LogP contribution in [-0.2, 0) is 6.54 Å². The maximum atomic E-state index is 13.2. The van der Waals surface area contributed by atoms with Crippen molar-refractivity contribution in [2.75, 3.05) is 52.4 Å². The van der Waals surface area contributed by atoms with E-state index in [2.05, 4.69) is 14.8 Å². The SMILES string of the molecule is COc1ccc(/C=C2\Oc3c(ccc(O)c3CN3CCN(c4ccccn4)CC3)C2=O)c(OC)c1OC. The number of aromatic hydroxyl groups is 1. The summed E-state index contributed by atoms with van der Waals surface area (Å²) in [5.41, 5.74) is 1.62. The van der Waals surface area contributed by atoms with Crippen LogP contribution in [0.3, 0.4) is 0 Å². The van der Waals surface area contributed by atoms with Crippen LogP contribution in [0.5, 0.6) is 28.7 Å². The van der Waals surface area contributed by atoms with Gasteiger partial charge in [-0.2, -0.15) is 0 Å². The molecule has 2 aromatic carbocycles. The predicted octanol–water partition coefficient (Wildman–Crippen LogP) is 3.75. The number of anilines is 1. The Labute approximate surface area is 215 Å². The van der Waals surface area contributed by atoms with Crippen molar-refractivity contribution in [2.45, 2.75) is 6.54 Å². The number of carbonyl (C=O) groups excluding carboxylic acids is 1. The third kappa shape index (κ3) is 4.65. The van der Waals surface area contributed by atoms with E-state index in [1.807, 2.05) is 18.2 Å². The number of hydrogen-bond acceptors (Lipinski definition) is 9. The molecule has 1 fully saturated rings. The number of Topliss-reactive ketones (excluding diaryl/α,β-unsaturated/α-hetero) is 1. The standard InChI is InChI=1S/C28H29N3O6/c1-34-22-10-7-18(26(35-2)28(22)36-3)16-23-25(33)19-8-9-21(32)20(27(19)37-23)17-30-12-14-31(15-13-30)24-6-4-5-11-29-24/h4-11,16,32H,12-15,17H2,1-3H3/b23-16-. The molecule has 192 valence electrons. The zero-order chi connectivity index (χ0) is 25.9. The molecule has 2 aliphatic heterocycles. The van der Waals surface area contributed by atoms with E-state index in [4.69, 9.17) is 18.9 Å². The molecule has 3 heterocycles. The van der Waals surface area contributed by atoms with E-state index in [1.165, 1.54) is 14.2 Å². The largest absolute Gasteiger partial charge is 0.507 e. The number of benzene rings is 2. The highest BCUT2D eigenvalue weighted by Crippen LogP contribution is 2.43. The minimum atomic E-state index is -0.256. The lowest BCUT2D eigenvalue weighted by molar-refractivity contribution is 0.101. The van der Waals surface area contributed by atoms with Gasteiger partial charge in [0.2, 0.25) is 11.5 Å². The summed E-state index contributed by atoms with van der Waals surface area (Å²) >= 11 is 0. The average molecular weight is 504 g/mol. The summed E-state index contributed by atoms with van der Waals surface area (Å²) in [5, 5.41) is 10.7. The zero-order valence-corrected chi connectivity index (χ0v) is 21.1. The number of carbonyl (C=O) groups is 1. The minimum Gasteiger partial charge on any atom is -0.507 e. The molecule has 37 heavy (non-hydrogen) atoms. The Kier molecular flexibility index (Phi) is 6.87. The van der Waals surface area contributed by atoms with Crippen molar-refractivity contribution in [3.05, 3.63) is 71.1 Å². The van der Waals surface area contributed by atoms with Crippen LogP contribution in [0.4, 0.5) is 5.82 Å². The number of hydrogen-bond donors (Lipinski definition) is 1. The van der Waals surface area contributed by atoms with Gasteiger partial charge < -0.3 is 29.0 Å². The third-order valence-electron chi connectivity index (χ3n) is 6.66. The lowest BCUT2D eigenvalue weighted by Crippen LogP contribution is -2.46. The van der Waals surface area contributed by atoms with Crippen LogP contribution in [0, 0.1) is 0 Å². The number of aromatic nitrogens is 1. The number of phenols is 1. The van der Waals surface area contributed by atoms with Gasteiger partial charge in [-0.1, -0.05) is 6.07 Å². The summed E-state index contributed by atoms with van der Waals surface area (Å²) in [7, 11) is 4.59. The number of allylic oxidation sites excluding steroid dienone is 1. The van der Waals surface area contributed by atoms with E-state index in [-0.39, 0.29) is 17.3 Å². The van der Waals surface area contributed by atoms with Gasteiger partial charge >= 0.3 is 0 Å². The summed E-state index contributed by atoms with van der Waals surface area (Å²) in [6, 6.07) is 12.6. The van der Waals surface area contributed by atoms with Crippen molar-refractivity contribution in [3.63, 3.8) is 0 Å². The molecule has 0 atom stereocenters. The predicted molar refractivity (Wildman–Crippen MR) is 139 cm³/mol. The minimum absolute atomic E-state index is 0.101. The molecule has 0 radical (unpaired) electrons. The molecule has 1 aromatic heterocycles. The summed E-state index contributed by atoms with van der Waals surface area (Å²) in [4.78, 5) is 22.1. The van der Waals surface area contributed by atoms with Gasteiger partial charge in [0.25, 0.3) is 0 Å². The molecular weight excluding hydrogens is 474 g/mol. The van der Waals surface area contributed by atoms with Crippen molar-refractivity contribution in [2.24, 2.45) is 0 Å². The first kappa shape index (κ1) is 24.5. The average Bonchev–Trinajstić information content (AvgIpc) is 3.25. The third-order valence-corrected chi connectivity index (χ3v) is 6.66. The number of piperazine rings is 1. The van der Waals surface area contributed by atoms with Crippen LogP contribution in [0.25, 0.3) is 6.08 Å². The summed E-state index contributed by atoms with van der Waals surface area (Å²) in [6.45, 7) is 3.68. The first-order valence-electron chi connectivity index (χ1n) is 12.0. The molecule has 0 bridgehead atoms. The van der Waals surface area contributed by atoms with Gasteiger partial charge in [0.15, 0.2) is 17.3 Å². The number of ketones is 1. The van der Waals surface area contributed by atoms with Gasteiger partial charge in [-0.05, 0) is 42.5 Å². The fraction of sp³-hybridized carbons (Fsp3) is 0.286. The number of phenolic OH excluding ortho intramolecular Hbond substituents is 1. The first-order chi connectivity index (χ1) is 18.0. The van der Waals surface area contributed by atoms with Crippen molar-refractivity contribution >= 4 is 17.7 Å². The number of fused-ring (bicyclic) bond motifs is 1. The maximum Gasteiger partial charge on any atom is 0.231 e. The van der Waals surface area contributed by atoms with Crippen LogP contribution in [-0.4, -0.2) is 68.3 Å². The van der Waals surface area contributed by atoms with Crippen molar-refractivity contribution in [3.8, 4) is 28.7 Å². The van der Waals surface area contributed by atoms with Gasteiger partial charge in [-0.3, -0.25) is 9.69 Å². The first-order valence-corrected chi connectivity index (χ1v) is 12.0. The molecule has 3 aromatic rings. The molecule has 5 rings (SSSR count). The van der Waals surface area contributed by atoms with Gasteiger partial charge in [0, 0.05) is 44.5 Å². The molecule has 1 saturated heterocycles. The van der Waals surface area contributed by atoms with Crippen LogP contribution >= 0.6 is 0 Å². The molecule has 2 aliphatic rings. The normalized spacial score (nSPS) is 16.5. The molecule has 0 saturated carbocycles. The highest BCUT2D eigenvalue weighted by atomic mass is 16.5. The van der Waals surface area contributed by atoms with Gasteiger partial charge in [0.1, 0.15) is 17.3 Å². The monoisotopic (exact) mass is 503 g/mol. The summed E-state index contributed by atoms with van der Waals surface area (Å²) in [6.07, 6.45) is 3.42. The van der Waals surface area contributed by atoms with E-state index in [0.29, 0.717) is 46.2 Å². The Morgan fingerprint density at radius 3 is 2.43 bits per heavy atom. The Morgan fingerprint density at radius 2 is 1.76 bits per heavy atom. The molecule has 9 heteroatoms. The Balaban J connectivity index is 1.38. The lowest BCUT2D eigenvalue weighted by atomic mass is 10.0. The van der Waals surface area contributed by atoms with E-state index in [9.17, 15) is 9.90 Å². The Morgan fingerprint density at radius 1 is 0.973 bits per heavy atom. The fourth-order valence-electron chi connectivity index (χ4n) is 4.73. The summed E-state index contributed by atoms with van der Waals surface area (Å²) in [5.74, 6) is 2.70. The number of nitrogens with zero attached hydrogens (tertiary/aromatic N) is 3. The molecule has 0 spiro atoms. The molecule has 1 N–H and O–H groups in total. The van der Waals surface area contributed by atoms with Crippen LogP contribution in [0.1, 0.15) is 21.5 Å². The van der Waals surface area contributed by atoms with E-state index in [1.54, 1.807) is 43.6 Å². The van der Waals surface area contributed by atoms with Crippen LogP contribution in [0.15, 0.2) is 54.4 Å². The zero-order valence-electron chi connectivity index (χ0n) is 21.1.